The maximum atomic E-state index is 11.6. The summed E-state index contributed by atoms with van der Waals surface area (Å²) >= 11 is 0. The summed E-state index contributed by atoms with van der Waals surface area (Å²) in [5.74, 6) is 1.04. The van der Waals surface area contributed by atoms with Crippen molar-refractivity contribution in [2.75, 3.05) is 38.2 Å². The third-order valence-corrected chi connectivity index (χ3v) is 5.75. The van der Waals surface area contributed by atoms with E-state index in [2.05, 4.69) is 26.9 Å². The van der Waals surface area contributed by atoms with Crippen LogP contribution in [-0.4, -0.2) is 60.3 Å². The van der Waals surface area contributed by atoms with Gasteiger partial charge in [0.05, 0.1) is 12.7 Å². The number of aryl methyl sites for hydroxylation is 1. The SMILES string of the molecule is COC(=O)c1ccc(N2CCN(CCCc3nc(-c4ccccc4)no3)C(C)C2)cc1. The summed E-state index contributed by atoms with van der Waals surface area (Å²) < 4.78 is 10.2. The van der Waals surface area contributed by atoms with Gasteiger partial charge in [-0.1, -0.05) is 35.5 Å². The maximum absolute atomic E-state index is 11.6. The van der Waals surface area contributed by atoms with Crippen molar-refractivity contribution < 1.29 is 14.1 Å². The molecule has 0 bridgehead atoms. The first-order valence-corrected chi connectivity index (χ1v) is 10.7. The van der Waals surface area contributed by atoms with Crippen molar-refractivity contribution in [2.24, 2.45) is 0 Å². The number of hydrogen-bond acceptors (Lipinski definition) is 7. The normalized spacial score (nSPS) is 17.0. The van der Waals surface area contributed by atoms with Crippen LogP contribution >= 0.6 is 0 Å². The summed E-state index contributed by atoms with van der Waals surface area (Å²) in [4.78, 5) is 21.0. The lowest BCUT2D eigenvalue weighted by atomic mass is 10.1. The van der Waals surface area contributed by atoms with E-state index in [1.807, 2.05) is 54.6 Å². The Morgan fingerprint density at radius 1 is 1.13 bits per heavy atom. The molecule has 2 aromatic carbocycles. The number of benzene rings is 2. The summed E-state index contributed by atoms with van der Waals surface area (Å²) in [7, 11) is 1.40. The molecule has 0 saturated carbocycles. The number of nitrogens with zero attached hydrogens (tertiary/aromatic N) is 4. The van der Waals surface area contributed by atoms with Gasteiger partial charge in [0.25, 0.3) is 0 Å². The zero-order valence-electron chi connectivity index (χ0n) is 18.0. The van der Waals surface area contributed by atoms with Crippen molar-refractivity contribution in [3.05, 3.63) is 66.1 Å². The molecule has 1 aliphatic heterocycles. The number of ether oxygens (including phenoxy) is 1. The van der Waals surface area contributed by atoms with Gasteiger partial charge in [0.1, 0.15) is 0 Å². The van der Waals surface area contributed by atoms with Gasteiger partial charge in [-0.2, -0.15) is 4.98 Å². The van der Waals surface area contributed by atoms with Crippen LogP contribution in [0.25, 0.3) is 11.4 Å². The molecular formula is C24H28N4O3. The highest BCUT2D eigenvalue weighted by Gasteiger charge is 2.24. The third-order valence-electron chi connectivity index (χ3n) is 5.75. The molecule has 31 heavy (non-hydrogen) atoms. The highest BCUT2D eigenvalue weighted by Crippen LogP contribution is 2.21. The topological polar surface area (TPSA) is 71.7 Å². The summed E-state index contributed by atoms with van der Waals surface area (Å²) in [5, 5.41) is 4.10. The molecular weight excluding hydrogens is 392 g/mol. The zero-order chi connectivity index (χ0) is 21.6. The summed E-state index contributed by atoms with van der Waals surface area (Å²) in [6, 6.07) is 18.0. The number of carbonyl (C=O) groups is 1. The number of anilines is 1. The standard InChI is InChI=1S/C24H28N4O3/c1-18-17-28(21-12-10-20(11-13-21)24(29)30-2)16-15-27(18)14-6-9-22-25-23(26-31-22)19-7-4-3-5-8-19/h3-5,7-8,10-13,18H,6,9,14-17H2,1-2H3. The summed E-state index contributed by atoms with van der Waals surface area (Å²) in [6.45, 7) is 6.17. The second kappa shape index (κ2) is 9.75. The lowest BCUT2D eigenvalue weighted by molar-refractivity contribution is 0.0600. The first-order chi connectivity index (χ1) is 15.1. The van der Waals surface area contributed by atoms with Gasteiger partial charge >= 0.3 is 5.97 Å². The number of piperazine rings is 1. The number of carbonyl (C=O) groups excluding carboxylic acids is 1. The molecule has 1 saturated heterocycles. The quantitative estimate of drug-likeness (QED) is 0.540. The molecule has 0 radical (unpaired) electrons. The Morgan fingerprint density at radius 3 is 2.61 bits per heavy atom. The van der Waals surface area contributed by atoms with E-state index in [1.165, 1.54) is 7.11 Å². The van der Waals surface area contributed by atoms with Gasteiger partial charge in [-0.25, -0.2) is 4.79 Å². The van der Waals surface area contributed by atoms with Crippen molar-refractivity contribution in [3.63, 3.8) is 0 Å². The zero-order valence-corrected chi connectivity index (χ0v) is 18.0. The molecule has 2 heterocycles. The Hall–Kier alpha value is -3.19. The van der Waals surface area contributed by atoms with E-state index in [1.54, 1.807) is 0 Å². The monoisotopic (exact) mass is 420 g/mol. The number of rotatable bonds is 7. The average molecular weight is 421 g/mol. The van der Waals surface area contributed by atoms with Crippen LogP contribution in [0.1, 0.15) is 29.6 Å². The average Bonchev–Trinajstić information content (AvgIpc) is 3.29. The van der Waals surface area contributed by atoms with Crippen molar-refractivity contribution >= 4 is 11.7 Å². The number of aromatic nitrogens is 2. The van der Waals surface area contributed by atoms with E-state index >= 15 is 0 Å². The lowest BCUT2D eigenvalue weighted by Crippen LogP contribution is -2.52. The molecule has 1 atom stereocenters. The third kappa shape index (κ3) is 5.11. The van der Waals surface area contributed by atoms with Crippen molar-refractivity contribution in [3.8, 4) is 11.4 Å². The summed E-state index contributed by atoms with van der Waals surface area (Å²) in [6.07, 6.45) is 1.76. The minimum Gasteiger partial charge on any atom is -0.465 e. The molecule has 4 rings (SSSR count). The van der Waals surface area contributed by atoms with Gasteiger partial charge in [0.15, 0.2) is 0 Å². The molecule has 0 N–H and O–H groups in total. The van der Waals surface area contributed by atoms with Gasteiger partial charge in [0.2, 0.25) is 11.7 Å². The van der Waals surface area contributed by atoms with Crippen LogP contribution in [0.5, 0.6) is 0 Å². The van der Waals surface area contributed by atoms with E-state index in [-0.39, 0.29) is 5.97 Å². The molecule has 0 aliphatic carbocycles. The molecule has 1 fully saturated rings. The van der Waals surface area contributed by atoms with Crippen LogP contribution < -0.4 is 4.90 Å². The fourth-order valence-electron chi connectivity index (χ4n) is 3.98. The van der Waals surface area contributed by atoms with Crippen molar-refractivity contribution in [2.45, 2.75) is 25.8 Å². The molecule has 0 spiro atoms. The van der Waals surface area contributed by atoms with E-state index < -0.39 is 0 Å². The van der Waals surface area contributed by atoms with Gasteiger partial charge in [-0.15, -0.1) is 0 Å². The van der Waals surface area contributed by atoms with E-state index in [9.17, 15) is 4.79 Å². The van der Waals surface area contributed by atoms with Gasteiger partial charge in [-0.05, 0) is 44.2 Å². The number of hydrogen-bond donors (Lipinski definition) is 0. The molecule has 1 aromatic heterocycles. The molecule has 7 nitrogen and oxygen atoms in total. The Morgan fingerprint density at radius 2 is 1.90 bits per heavy atom. The van der Waals surface area contributed by atoms with E-state index in [0.29, 0.717) is 23.3 Å². The van der Waals surface area contributed by atoms with Gasteiger partial charge < -0.3 is 14.2 Å². The fraction of sp³-hybridized carbons (Fsp3) is 0.375. The van der Waals surface area contributed by atoms with Crippen LogP contribution in [0, 0.1) is 0 Å². The van der Waals surface area contributed by atoms with Crippen LogP contribution in [0.4, 0.5) is 5.69 Å². The molecule has 1 unspecified atom stereocenters. The summed E-state index contributed by atoms with van der Waals surface area (Å²) in [5.41, 5.74) is 2.69. The largest absolute Gasteiger partial charge is 0.465 e. The second-order valence-electron chi connectivity index (χ2n) is 7.85. The van der Waals surface area contributed by atoms with Crippen LogP contribution in [0.2, 0.25) is 0 Å². The van der Waals surface area contributed by atoms with E-state index in [4.69, 9.17) is 9.26 Å². The van der Waals surface area contributed by atoms with Gasteiger partial charge in [0, 0.05) is 43.3 Å². The minimum atomic E-state index is -0.304. The van der Waals surface area contributed by atoms with E-state index in [0.717, 1.165) is 50.3 Å². The second-order valence-corrected chi connectivity index (χ2v) is 7.85. The Kier molecular flexibility index (Phi) is 6.62. The number of methoxy groups -OCH3 is 1. The van der Waals surface area contributed by atoms with Crippen LogP contribution in [0.3, 0.4) is 0 Å². The van der Waals surface area contributed by atoms with Gasteiger partial charge in [-0.3, -0.25) is 4.90 Å². The fourth-order valence-corrected chi connectivity index (χ4v) is 3.98. The van der Waals surface area contributed by atoms with Crippen molar-refractivity contribution in [1.29, 1.82) is 0 Å². The minimum absolute atomic E-state index is 0.304. The van der Waals surface area contributed by atoms with Crippen molar-refractivity contribution in [1.82, 2.24) is 15.0 Å². The highest BCUT2D eigenvalue weighted by molar-refractivity contribution is 5.89. The first kappa shape index (κ1) is 21.1. The molecule has 162 valence electrons. The highest BCUT2D eigenvalue weighted by atomic mass is 16.5. The lowest BCUT2D eigenvalue weighted by Gasteiger charge is -2.41. The predicted octanol–water partition coefficient (Wildman–Crippen LogP) is 3.67. The molecule has 3 aromatic rings. The smallest absolute Gasteiger partial charge is 0.337 e. The Bertz CT molecular complexity index is 988. The Balaban J connectivity index is 1.25. The Labute approximate surface area is 182 Å². The number of esters is 1. The molecule has 7 heteroatoms. The maximum Gasteiger partial charge on any atom is 0.337 e. The molecule has 0 amide bonds. The van der Waals surface area contributed by atoms with Crippen LogP contribution in [0.15, 0.2) is 59.1 Å². The molecule has 1 aliphatic rings. The first-order valence-electron chi connectivity index (χ1n) is 10.7. The van der Waals surface area contributed by atoms with Crippen LogP contribution in [-0.2, 0) is 11.2 Å². The predicted molar refractivity (Wildman–Crippen MR) is 119 cm³/mol.